The highest BCUT2D eigenvalue weighted by Crippen LogP contribution is 2.15. The lowest BCUT2D eigenvalue weighted by molar-refractivity contribution is -0.767. The van der Waals surface area contributed by atoms with Crippen molar-refractivity contribution in [2.24, 2.45) is 0 Å². The molecule has 12 heteroatoms. The lowest BCUT2D eigenvalue weighted by atomic mass is 10.1. The molecule has 0 fully saturated rings. The Labute approximate surface area is 141 Å². The van der Waals surface area contributed by atoms with E-state index in [-0.39, 0.29) is 21.5 Å². The van der Waals surface area contributed by atoms with Crippen LogP contribution in [0.5, 0.6) is 0 Å². The predicted octanol–water partition coefficient (Wildman–Crippen LogP) is -2.40. The highest BCUT2D eigenvalue weighted by molar-refractivity contribution is 5.97. The van der Waals surface area contributed by atoms with Crippen LogP contribution in [0.4, 0.5) is 0 Å². The summed E-state index contributed by atoms with van der Waals surface area (Å²) in [5.74, 6) is 0. The number of aromatic nitrogens is 2. The summed E-state index contributed by atoms with van der Waals surface area (Å²) in [6.07, 6.45) is 0. The van der Waals surface area contributed by atoms with Crippen LogP contribution in [0, 0.1) is 10.1 Å². The van der Waals surface area contributed by atoms with Crippen LogP contribution in [-0.2, 0) is 11.6 Å². The minimum atomic E-state index is -1.17. The number of nitrogens with zero attached hydrogens (tertiary/aromatic N) is 3. The summed E-state index contributed by atoms with van der Waals surface area (Å²) in [4.78, 5) is 63.6. The molecule has 0 unspecified atom stereocenters. The quantitative estimate of drug-likeness (QED) is 0.357. The molecule has 0 aliphatic heterocycles. The summed E-state index contributed by atoms with van der Waals surface area (Å²) in [5, 5.41) is 26.7. The number of hydrogen-bond donors (Lipinski definition) is 2. The molecule has 0 amide bonds. The molecule has 0 saturated carbocycles. The topological polar surface area (TPSA) is 171 Å². The van der Waals surface area contributed by atoms with Gasteiger partial charge in [0.15, 0.2) is 6.73 Å². The van der Waals surface area contributed by atoms with Crippen molar-refractivity contribution in [2.75, 3.05) is 13.2 Å². The average molecular weight is 365 g/mol. The largest absolute Gasteiger partial charge is 0.394 e. The van der Waals surface area contributed by atoms with Gasteiger partial charge in [0.2, 0.25) is 0 Å². The summed E-state index contributed by atoms with van der Waals surface area (Å²) in [6, 6.07) is 0.931. The van der Waals surface area contributed by atoms with Gasteiger partial charge in [0.05, 0.1) is 40.8 Å². The van der Waals surface area contributed by atoms with Crippen molar-refractivity contribution in [3.63, 3.8) is 0 Å². The van der Waals surface area contributed by atoms with Crippen LogP contribution in [-0.4, -0.2) is 37.6 Å². The van der Waals surface area contributed by atoms with E-state index in [9.17, 15) is 39.5 Å². The first-order valence-corrected chi connectivity index (χ1v) is 7.23. The van der Waals surface area contributed by atoms with Crippen molar-refractivity contribution in [1.29, 1.82) is 0 Å². The van der Waals surface area contributed by atoms with Gasteiger partial charge in [-0.3, -0.25) is 28.6 Å². The van der Waals surface area contributed by atoms with Gasteiger partial charge >= 0.3 is 0 Å². The molecule has 0 atom stereocenters. The molecule has 2 aromatic heterocycles. The standard InChI is InChI=1S/C14H11N3O9/c18-3-6(4-19)16-13(22)9-1-7-8(2-10(9)14(16)23)12(21)15(11(7)20)5-26-17(24)25/h1-2,6,18-19H,3-5H2. The van der Waals surface area contributed by atoms with Crippen molar-refractivity contribution in [3.8, 4) is 0 Å². The van der Waals surface area contributed by atoms with Crippen LogP contribution in [0.2, 0.25) is 0 Å². The molecular weight excluding hydrogens is 354 g/mol. The summed E-state index contributed by atoms with van der Waals surface area (Å²) < 4.78 is 1.13. The molecule has 0 saturated heterocycles. The van der Waals surface area contributed by atoms with E-state index in [2.05, 4.69) is 4.84 Å². The Hall–Kier alpha value is -3.38. The third-order valence-corrected chi connectivity index (χ3v) is 4.09. The predicted molar refractivity (Wildman–Crippen MR) is 86.2 cm³/mol. The van der Waals surface area contributed by atoms with E-state index in [1.54, 1.807) is 0 Å². The lowest BCUT2D eigenvalue weighted by Crippen LogP contribution is -2.34. The van der Waals surface area contributed by atoms with Crippen molar-refractivity contribution < 1.29 is 20.1 Å². The molecule has 0 aliphatic rings. The molecule has 0 spiro atoms. The third kappa shape index (κ3) is 2.39. The van der Waals surface area contributed by atoms with Gasteiger partial charge in [-0.15, -0.1) is 10.1 Å². The second-order valence-corrected chi connectivity index (χ2v) is 5.46. The van der Waals surface area contributed by atoms with Crippen molar-refractivity contribution in [1.82, 2.24) is 9.13 Å². The molecule has 3 rings (SSSR count). The van der Waals surface area contributed by atoms with Gasteiger partial charge < -0.3 is 10.2 Å². The van der Waals surface area contributed by atoms with E-state index in [4.69, 9.17) is 0 Å². The zero-order valence-corrected chi connectivity index (χ0v) is 12.9. The second kappa shape index (κ2) is 6.16. The highest BCUT2D eigenvalue weighted by atomic mass is 17.0. The van der Waals surface area contributed by atoms with E-state index in [0.717, 1.165) is 12.1 Å². The van der Waals surface area contributed by atoms with Gasteiger partial charge in [0.1, 0.15) is 0 Å². The van der Waals surface area contributed by atoms with Crippen LogP contribution in [0.3, 0.4) is 0 Å². The summed E-state index contributed by atoms with van der Waals surface area (Å²) in [7, 11) is 0. The summed E-state index contributed by atoms with van der Waals surface area (Å²) in [5.41, 5.74) is -3.48. The number of aliphatic hydroxyl groups is 2. The Morgan fingerprint density at radius 2 is 1.35 bits per heavy atom. The van der Waals surface area contributed by atoms with E-state index in [1.165, 1.54) is 0 Å². The van der Waals surface area contributed by atoms with Crippen LogP contribution in [0.1, 0.15) is 6.04 Å². The monoisotopic (exact) mass is 365 g/mol. The van der Waals surface area contributed by atoms with Gasteiger partial charge in [-0.05, 0) is 12.1 Å². The SMILES string of the molecule is O=c1c2cc3c(=O)n(C(CO)CO)c(=O)c3cc2c(=O)n1CO[N+](=O)[O-]. The number of hydrogen-bond acceptors (Lipinski definition) is 9. The fraction of sp³-hybridized carbons (Fsp3) is 0.286. The molecule has 0 aliphatic carbocycles. The first-order chi connectivity index (χ1) is 12.3. The van der Waals surface area contributed by atoms with Gasteiger partial charge in [-0.25, -0.2) is 4.57 Å². The minimum Gasteiger partial charge on any atom is -0.394 e. The van der Waals surface area contributed by atoms with E-state index >= 15 is 0 Å². The van der Waals surface area contributed by atoms with Gasteiger partial charge in [0, 0.05) is 0 Å². The van der Waals surface area contributed by atoms with E-state index in [0.29, 0.717) is 9.13 Å². The Bertz CT molecular complexity index is 1150. The zero-order valence-electron chi connectivity index (χ0n) is 12.9. The van der Waals surface area contributed by atoms with Crippen LogP contribution >= 0.6 is 0 Å². The first-order valence-electron chi connectivity index (χ1n) is 7.23. The van der Waals surface area contributed by atoms with Gasteiger partial charge in [0.25, 0.3) is 27.3 Å². The molecule has 0 bridgehead atoms. The number of benzene rings is 1. The summed E-state index contributed by atoms with van der Waals surface area (Å²) in [6.45, 7) is -2.24. The zero-order chi connectivity index (χ0) is 19.2. The maximum absolute atomic E-state index is 12.4. The number of rotatable bonds is 6. The maximum atomic E-state index is 12.4. The fourth-order valence-corrected chi connectivity index (χ4v) is 2.82. The Balaban J connectivity index is 2.33. The number of fused-ring (bicyclic) bond motifs is 2. The van der Waals surface area contributed by atoms with Crippen molar-refractivity contribution >= 4 is 21.5 Å². The van der Waals surface area contributed by atoms with Gasteiger partial charge in [-0.1, -0.05) is 0 Å². The van der Waals surface area contributed by atoms with E-state index in [1.807, 2.05) is 0 Å². The second-order valence-electron chi connectivity index (χ2n) is 5.46. The smallest absolute Gasteiger partial charge is 0.296 e. The first kappa shape index (κ1) is 17.4. The minimum absolute atomic E-state index is 0.168. The Kier molecular flexibility index (Phi) is 4.13. The van der Waals surface area contributed by atoms with E-state index < -0.39 is 53.3 Å². The van der Waals surface area contributed by atoms with Crippen LogP contribution < -0.4 is 22.2 Å². The van der Waals surface area contributed by atoms with Crippen LogP contribution in [0.15, 0.2) is 31.3 Å². The average Bonchev–Trinajstić information content (AvgIpc) is 2.99. The molecule has 2 heterocycles. The van der Waals surface area contributed by atoms with Gasteiger partial charge in [-0.2, -0.15) is 0 Å². The Morgan fingerprint density at radius 3 is 1.73 bits per heavy atom. The lowest BCUT2D eigenvalue weighted by Gasteiger charge is -2.09. The molecule has 2 N–H and O–H groups in total. The molecule has 3 aromatic rings. The fourth-order valence-electron chi connectivity index (χ4n) is 2.82. The third-order valence-electron chi connectivity index (χ3n) is 4.09. The van der Waals surface area contributed by atoms with Crippen molar-refractivity contribution in [3.05, 3.63) is 63.7 Å². The Morgan fingerprint density at radius 1 is 0.923 bits per heavy atom. The normalized spacial score (nSPS) is 11.7. The molecule has 1 aromatic carbocycles. The summed E-state index contributed by atoms with van der Waals surface area (Å²) >= 11 is 0. The molecule has 12 nitrogen and oxygen atoms in total. The molecule has 136 valence electrons. The highest BCUT2D eigenvalue weighted by Gasteiger charge is 2.22. The maximum Gasteiger partial charge on any atom is 0.296 e. The molecule has 26 heavy (non-hydrogen) atoms. The molecular formula is C14H11N3O9. The van der Waals surface area contributed by atoms with Crippen LogP contribution in [0.25, 0.3) is 21.5 Å². The molecule has 0 radical (unpaired) electrons. The van der Waals surface area contributed by atoms with Crippen molar-refractivity contribution in [2.45, 2.75) is 12.8 Å². The number of aliphatic hydroxyl groups excluding tert-OH is 2.